The summed E-state index contributed by atoms with van der Waals surface area (Å²) in [5, 5.41) is 7.41. The Hall–Kier alpha value is -1.81. The number of nitrogens with one attached hydrogen (secondary N) is 1. The van der Waals surface area contributed by atoms with E-state index in [0.717, 1.165) is 32.4 Å². The normalized spacial score (nSPS) is 15.7. The number of amides is 2. The molecule has 4 heteroatoms. The molecule has 1 fully saturated rings. The van der Waals surface area contributed by atoms with Gasteiger partial charge in [-0.3, -0.25) is 0 Å². The van der Waals surface area contributed by atoms with Crippen LogP contribution in [0, 0.1) is 0 Å². The lowest BCUT2D eigenvalue weighted by Crippen LogP contribution is -2.44. The summed E-state index contributed by atoms with van der Waals surface area (Å²) in [7, 11) is 0. The first-order valence-electron chi connectivity index (χ1n) is 7.92. The predicted octanol–water partition coefficient (Wildman–Crippen LogP) is 3.88. The van der Waals surface area contributed by atoms with Crippen molar-refractivity contribution in [1.29, 1.82) is 0 Å². The van der Waals surface area contributed by atoms with Gasteiger partial charge in [0.25, 0.3) is 0 Å². The van der Waals surface area contributed by atoms with Crippen LogP contribution in [0.25, 0.3) is 0 Å². The van der Waals surface area contributed by atoms with E-state index in [9.17, 15) is 4.79 Å². The Morgan fingerprint density at radius 2 is 1.95 bits per heavy atom. The SMILES string of the molecule is O=C(NCCc1ccccc1)N1CCC(c2ccsc2)CC1. The topological polar surface area (TPSA) is 32.3 Å². The standard InChI is InChI=1S/C18H22N2OS/c21-18(19-10-6-15-4-2-1-3-5-15)20-11-7-16(8-12-20)17-9-13-22-14-17/h1-5,9,13-14,16H,6-8,10-12H2,(H,19,21). The third kappa shape index (κ3) is 3.89. The first kappa shape index (κ1) is 15.1. The molecule has 1 aliphatic heterocycles. The molecular formula is C18H22N2OS. The Kier molecular flexibility index (Phi) is 5.11. The van der Waals surface area contributed by atoms with E-state index in [1.54, 1.807) is 11.3 Å². The molecule has 22 heavy (non-hydrogen) atoms. The summed E-state index contributed by atoms with van der Waals surface area (Å²) in [5.41, 5.74) is 2.70. The number of piperidine rings is 1. The molecule has 2 aromatic rings. The monoisotopic (exact) mass is 314 g/mol. The number of rotatable bonds is 4. The highest BCUT2D eigenvalue weighted by Crippen LogP contribution is 2.29. The van der Waals surface area contributed by atoms with Gasteiger partial charge in [0.15, 0.2) is 0 Å². The highest BCUT2D eigenvalue weighted by molar-refractivity contribution is 7.07. The van der Waals surface area contributed by atoms with Gasteiger partial charge in [0.1, 0.15) is 0 Å². The van der Waals surface area contributed by atoms with Crippen molar-refractivity contribution in [3.05, 3.63) is 58.3 Å². The van der Waals surface area contributed by atoms with Crippen LogP contribution in [0.3, 0.4) is 0 Å². The largest absolute Gasteiger partial charge is 0.338 e. The third-order valence-corrected chi connectivity index (χ3v) is 5.03. The molecule has 1 aromatic carbocycles. The van der Waals surface area contributed by atoms with Crippen LogP contribution in [0.4, 0.5) is 4.79 Å². The minimum atomic E-state index is 0.0831. The molecule has 0 saturated carbocycles. The van der Waals surface area contributed by atoms with Gasteiger partial charge in [-0.25, -0.2) is 4.79 Å². The minimum Gasteiger partial charge on any atom is -0.338 e. The highest BCUT2D eigenvalue weighted by atomic mass is 32.1. The van der Waals surface area contributed by atoms with Gasteiger partial charge < -0.3 is 10.2 Å². The fourth-order valence-corrected chi connectivity index (χ4v) is 3.74. The molecule has 116 valence electrons. The van der Waals surface area contributed by atoms with Crippen molar-refractivity contribution in [3.8, 4) is 0 Å². The van der Waals surface area contributed by atoms with E-state index >= 15 is 0 Å². The van der Waals surface area contributed by atoms with E-state index in [1.807, 2.05) is 23.1 Å². The van der Waals surface area contributed by atoms with Crippen molar-refractivity contribution < 1.29 is 4.79 Å². The van der Waals surface area contributed by atoms with E-state index in [1.165, 1.54) is 11.1 Å². The van der Waals surface area contributed by atoms with Gasteiger partial charge in [-0.1, -0.05) is 30.3 Å². The van der Waals surface area contributed by atoms with Gasteiger partial charge in [-0.2, -0.15) is 11.3 Å². The fraction of sp³-hybridized carbons (Fsp3) is 0.389. The Balaban J connectivity index is 1.40. The van der Waals surface area contributed by atoms with E-state index in [4.69, 9.17) is 0 Å². The zero-order chi connectivity index (χ0) is 15.2. The molecule has 0 unspecified atom stereocenters. The molecular weight excluding hydrogens is 292 g/mol. The summed E-state index contributed by atoms with van der Waals surface area (Å²) in [4.78, 5) is 14.2. The van der Waals surface area contributed by atoms with Crippen molar-refractivity contribution in [2.45, 2.75) is 25.2 Å². The van der Waals surface area contributed by atoms with Gasteiger partial charge in [0, 0.05) is 19.6 Å². The zero-order valence-electron chi connectivity index (χ0n) is 12.7. The first-order chi connectivity index (χ1) is 10.8. The van der Waals surface area contributed by atoms with Crippen molar-refractivity contribution in [2.75, 3.05) is 19.6 Å². The first-order valence-corrected chi connectivity index (χ1v) is 8.86. The quantitative estimate of drug-likeness (QED) is 0.912. The number of carbonyl (C=O) groups is 1. The molecule has 3 rings (SSSR count). The third-order valence-electron chi connectivity index (χ3n) is 4.33. The van der Waals surface area contributed by atoms with Crippen LogP contribution in [0.2, 0.25) is 0 Å². The lowest BCUT2D eigenvalue weighted by Gasteiger charge is -2.31. The number of hydrogen-bond donors (Lipinski definition) is 1. The zero-order valence-corrected chi connectivity index (χ0v) is 13.5. The van der Waals surface area contributed by atoms with Gasteiger partial charge in [-0.05, 0) is 53.1 Å². The van der Waals surface area contributed by atoms with Gasteiger partial charge in [-0.15, -0.1) is 0 Å². The second kappa shape index (κ2) is 7.45. The number of likely N-dealkylation sites (tertiary alicyclic amines) is 1. The van der Waals surface area contributed by atoms with Crippen LogP contribution < -0.4 is 5.32 Å². The number of thiophene rings is 1. The summed E-state index contributed by atoms with van der Waals surface area (Å²) >= 11 is 1.76. The lowest BCUT2D eigenvalue weighted by molar-refractivity contribution is 0.181. The number of hydrogen-bond acceptors (Lipinski definition) is 2. The summed E-state index contributed by atoms with van der Waals surface area (Å²) in [6, 6.07) is 12.6. The molecule has 2 amide bonds. The summed E-state index contributed by atoms with van der Waals surface area (Å²) in [6.07, 6.45) is 3.03. The molecule has 0 aliphatic carbocycles. The van der Waals surface area contributed by atoms with E-state index in [-0.39, 0.29) is 6.03 Å². The Morgan fingerprint density at radius 1 is 1.18 bits per heavy atom. The van der Waals surface area contributed by atoms with Crippen molar-refractivity contribution in [1.82, 2.24) is 10.2 Å². The maximum absolute atomic E-state index is 12.2. The van der Waals surface area contributed by atoms with Crippen LogP contribution in [-0.4, -0.2) is 30.6 Å². The lowest BCUT2D eigenvalue weighted by atomic mass is 9.91. The average molecular weight is 314 g/mol. The van der Waals surface area contributed by atoms with Crippen LogP contribution in [0.5, 0.6) is 0 Å². The summed E-state index contributed by atoms with van der Waals surface area (Å²) < 4.78 is 0. The van der Waals surface area contributed by atoms with Gasteiger partial charge in [0.05, 0.1) is 0 Å². The van der Waals surface area contributed by atoms with Crippen LogP contribution in [0.1, 0.15) is 29.9 Å². The van der Waals surface area contributed by atoms with E-state index in [0.29, 0.717) is 12.5 Å². The molecule has 0 radical (unpaired) electrons. The van der Waals surface area contributed by atoms with Crippen LogP contribution >= 0.6 is 11.3 Å². The maximum atomic E-state index is 12.2. The molecule has 2 heterocycles. The smallest absolute Gasteiger partial charge is 0.317 e. The second-order valence-electron chi connectivity index (χ2n) is 5.79. The van der Waals surface area contributed by atoms with E-state index in [2.05, 4.69) is 34.3 Å². The Bertz CT molecular complexity index is 574. The molecule has 1 saturated heterocycles. The van der Waals surface area contributed by atoms with E-state index < -0.39 is 0 Å². The van der Waals surface area contributed by atoms with Crippen molar-refractivity contribution in [2.24, 2.45) is 0 Å². The molecule has 1 aliphatic rings. The fourth-order valence-electron chi connectivity index (χ4n) is 2.99. The molecule has 0 spiro atoms. The average Bonchev–Trinajstić information content (AvgIpc) is 3.10. The molecule has 1 aromatic heterocycles. The van der Waals surface area contributed by atoms with Crippen molar-refractivity contribution in [3.63, 3.8) is 0 Å². The maximum Gasteiger partial charge on any atom is 0.317 e. The molecule has 1 N–H and O–H groups in total. The molecule has 0 atom stereocenters. The summed E-state index contributed by atoms with van der Waals surface area (Å²) in [6.45, 7) is 2.42. The second-order valence-corrected chi connectivity index (χ2v) is 6.57. The van der Waals surface area contributed by atoms with Gasteiger partial charge >= 0.3 is 6.03 Å². The number of nitrogens with zero attached hydrogens (tertiary/aromatic N) is 1. The number of carbonyl (C=O) groups excluding carboxylic acids is 1. The minimum absolute atomic E-state index is 0.0831. The number of urea groups is 1. The number of benzene rings is 1. The predicted molar refractivity (Wildman–Crippen MR) is 91.4 cm³/mol. The van der Waals surface area contributed by atoms with Gasteiger partial charge in [0.2, 0.25) is 0 Å². The van der Waals surface area contributed by atoms with Crippen LogP contribution in [-0.2, 0) is 6.42 Å². The Labute approximate surface area is 136 Å². The molecule has 3 nitrogen and oxygen atoms in total. The van der Waals surface area contributed by atoms with Crippen LogP contribution in [0.15, 0.2) is 47.2 Å². The summed E-state index contributed by atoms with van der Waals surface area (Å²) in [5.74, 6) is 0.625. The van der Waals surface area contributed by atoms with Crippen molar-refractivity contribution >= 4 is 17.4 Å². The Morgan fingerprint density at radius 3 is 2.64 bits per heavy atom. The highest BCUT2D eigenvalue weighted by Gasteiger charge is 2.23. The molecule has 0 bridgehead atoms.